The van der Waals surface area contributed by atoms with Gasteiger partial charge in [0.1, 0.15) is 5.82 Å². The van der Waals surface area contributed by atoms with Crippen molar-refractivity contribution in [3.8, 4) is 0 Å². The molecule has 5 nitrogen and oxygen atoms in total. The Labute approximate surface area is 107 Å². The summed E-state index contributed by atoms with van der Waals surface area (Å²) >= 11 is 0. The SMILES string of the molecule is COC(=O)c1ccnc(N(CCCO)C(C)C)c1. The number of pyridine rings is 1. The van der Waals surface area contributed by atoms with E-state index in [1.165, 1.54) is 7.11 Å². The topological polar surface area (TPSA) is 62.7 Å². The molecule has 1 rings (SSSR count). The number of ether oxygens (including phenoxy) is 1. The third-order valence-corrected chi connectivity index (χ3v) is 2.64. The molecule has 0 aromatic carbocycles. The van der Waals surface area contributed by atoms with Gasteiger partial charge in [0.2, 0.25) is 0 Å². The first-order chi connectivity index (χ1) is 8.60. The molecule has 1 N–H and O–H groups in total. The minimum Gasteiger partial charge on any atom is -0.465 e. The van der Waals surface area contributed by atoms with Crippen LogP contribution in [0.3, 0.4) is 0 Å². The summed E-state index contributed by atoms with van der Waals surface area (Å²) in [6.45, 7) is 4.93. The van der Waals surface area contributed by atoms with Crippen LogP contribution >= 0.6 is 0 Å². The quantitative estimate of drug-likeness (QED) is 0.777. The van der Waals surface area contributed by atoms with Gasteiger partial charge >= 0.3 is 5.97 Å². The Hall–Kier alpha value is -1.62. The molecule has 0 bridgehead atoms. The fraction of sp³-hybridized carbons (Fsp3) is 0.538. The summed E-state index contributed by atoms with van der Waals surface area (Å²) in [4.78, 5) is 17.8. The van der Waals surface area contributed by atoms with Crippen LogP contribution in [-0.4, -0.2) is 42.4 Å². The Kier molecular flexibility index (Phi) is 5.58. The molecular weight excluding hydrogens is 232 g/mol. The third kappa shape index (κ3) is 3.70. The van der Waals surface area contributed by atoms with Gasteiger partial charge in [-0.25, -0.2) is 9.78 Å². The lowest BCUT2D eigenvalue weighted by atomic mass is 10.2. The number of esters is 1. The lowest BCUT2D eigenvalue weighted by Crippen LogP contribution is -2.33. The Balaban J connectivity index is 2.94. The number of carbonyl (C=O) groups excluding carboxylic acids is 1. The fourth-order valence-electron chi connectivity index (χ4n) is 1.70. The molecule has 1 heterocycles. The van der Waals surface area contributed by atoms with E-state index < -0.39 is 0 Å². The number of nitrogens with zero attached hydrogens (tertiary/aromatic N) is 2. The first-order valence-electron chi connectivity index (χ1n) is 6.02. The van der Waals surface area contributed by atoms with Crippen molar-refractivity contribution in [3.63, 3.8) is 0 Å². The molecule has 0 aliphatic carbocycles. The monoisotopic (exact) mass is 252 g/mol. The maximum atomic E-state index is 11.5. The number of anilines is 1. The number of hydrogen-bond acceptors (Lipinski definition) is 5. The second-order valence-corrected chi connectivity index (χ2v) is 4.26. The zero-order chi connectivity index (χ0) is 13.5. The van der Waals surface area contributed by atoms with Gasteiger partial charge < -0.3 is 14.7 Å². The third-order valence-electron chi connectivity index (χ3n) is 2.64. The summed E-state index contributed by atoms with van der Waals surface area (Å²) in [5.41, 5.74) is 0.483. The number of hydrogen-bond donors (Lipinski definition) is 1. The first kappa shape index (κ1) is 14.4. The summed E-state index contributed by atoms with van der Waals surface area (Å²) in [5.74, 6) is 0.353. The Morgan fingerprint density at radius 2 is 2.28 bits per heavy atom. The highest BCUT2D eigenvalue weighted by molar-refractivity contribution is 5.90. The van der Waals surface area contributed by atoms with Crippen molar-refractivity contribution >= 4 is 11.8 Å². The van der Waals surface area contributed by atoms with E-state index in [0.717, 1.165) is 5.82 Å². The highest BCUT2D eigenvalue weighted by atomic mass is 16.5. The number of rotatable bonds is 6. The van der Waals surface area contributed by atoms with Crippen LogP contribution in [0.25, 0.3) is 0 Å². The van der Waals surface area contributed by atoms with Gasteiger partial charge in [0, 0.05) is 25.4 Å². The van der Waals surface area contributed by atoms with Gasteiger partial charge in [-0.1, -0.05) is 0 Å². The molecule has 0 unspecified atom stereocenters. The van der Waals surface area contributed by atoms with Crippen LogP contribution in [-0.2, 0) is 4.74 Å². The number of carbonyl (C=O) groups is 1. The van der Waals surface area contributed by atoms with Crippen molar-refractivity contribution in [2.75, 3.05) is 25.2 Å². The van der Waals surface area contributed by atoms with E-state index in [4.69, 9.17) is 5.11 Å². The van der Waals surface area contributed by atoms with E-state index in [2.05, 4.69) is 9.72 Å². The largest absolute Gasteiger partial charge is 0.465 e. The fourth-order valence-corrected chi connectivity index (χ4v) is 1.70. The molecule has 0 aliphatic rings. The second kappa shape index (κ2) is 6.96. The summed E-state index contributed by atoms with van der Waals surface area (Å²) in [5, 5.41) is 8.90. The smallest absolute Gasteiger partial charge is 0.338 e. The predicted molar refractivity (Wildman–Crippen MR) is 69.8 cm³/mol. The molecule has 18 heavy (non-hydrogen) atoms. The molecule has 0 radical (unpaired) electrons. The van der Waals surface area contributed by atoms with Crippen LogP contribution < -0.4 is 4.90 Å². The average molecular weight is 252 g/mol. The maximum Gasteiger partial charge on any atom is 0.338 e. The zero-order valence-corrected chi connectivity index (χ0v) is 11.1. The molecule has 0 saturated heterocycles. The van der Waals surface area contributed by atoms with Gasteiger partial charge in [0.15, 0.2) is 0 Å². The normalized spacial score (nSPS) is 10.5. The number of aliphatic hydroxyl groups excluding tert-OH is 1. The zero-order valence-electron chi connectivity index (χ0n) is 11.1. The van der Waals surface area contributed by atoms with Gasteiger partial charge in [-0.15, -0.1) is 0 Å². The molecule has 5 heteroatoms. The molecule has 0 spiro atoms. The van der Waals surface area contributed by atoms with Crippen LogP contribution in [0.4, 0.5) is 5.82 Å². The van der Waals surface area contributed by atoms with Crippen molar-refractivity contribution in [3.05, 3.63) is 23.9 Å². The number of methoxy groups -OCH3 is 1. The van der Waals surface area contributed by atoms with E-state index in [9.17, 15) is 4.79 Å². The molecule has 0 amide bonds. The molecular formula is C13H20N2O3. The minimum atomic E-state index is -0.371. The summed E-state index contributed by atoms with van der Waals surface area (Å²) in [6, 6.07) is 3.58. The average Bonchev–Trinajstić information content (AvgIpc) is 2.38. The minimum absolute atomic E-state index is 0.139. The Bertz CT molecular complexity index is 394. The highest BCUT2D eigenvalue weighted by Crippen LogP contribution is 2.16. The lowest BCUT2D eigenvalue weighted by molar-refractivity contribution is 0.0600. The van der Waals surface area contributed by atoms with Gasteiger partial charge in [-0.2, -0.15) is 0 Å². The van der Waals surface area contributed by atoms with E-state index in [1.54, 1.807) is 18.3 Å². The number of aliphatic hydroxyl groups is 1. The maximum absolute atomic E-state index is 11.5. The summed E-state index contributed by atoms with van der Waals surface area (Å²) < 4.78 is 4.69. The van der Waals surface area contributed by atoms with Crippen LogP contribution in [0.15, 0.2) is 18.3 Å². The molecule has 0 aliphatic heterocycles. The first-order valence-corrected chi connectivity index (χ1v) is 6.02. The molecule has 0 fully saturated rings. The molecule has 0 atom stereocenters. The predicted octanol–water partition coefficient (Wildman–Crippen LogP) is 1.47. The van der Waals surface area contributed by atoms with E-state index >= 15 is 0 Å². The Morgan fingerprint density at radius 1 is 1.56 bits per heavy atom. The second-order valence-electron chi connectivity index (χ2n) is 4.26. The lowest BCUT2D eigenvalue weighted by Gasteiger charge is -2.27. The van der Waals surface area contributed by atoms with Crippen LogP contribution in [0.2, 0.25) is 0 Å². The number of aromatic nitrogens is 1. The van der Waals surface area contributed by atoms with Crippen LogP contribution in [0.5, 0.6) is 0 Å². The van der Waals surface area contributed by atoms with Gasteiger partial charge in [-0.05, 0) is 32.4 Å². The van der Waals surface area contributed by atoms with Crippen molar-refractivity contribution < 1.29 is 14.6 Å². The van der Waals surface area contributed by atoms with Crippen molar-refractivity contribution in [1.29, 1.82) is 0 Å². The standard InChI is InChI=1S/C13H20N2O3/c1-10(2)15(7-4-8-16)12-9-11(5-6-14-12)13(17)18-3/h5-6,9-10,16H,4,7-8H2,1-3H3. The van der Waals surface area contributed by atoms with Crippen LogP contribution in [0, 0.1) is 0 Å². The highest BCUT2D eigenvalue weighted by Gasteiger charge is 2.14. The van der Waals surface area contributed by atoms with Gasteiger partial charge in [-0.3, -0.25) is 0 Å². The Morgan fingerprint density at radius 3 is 2.83 bits per heavy atom. The van der Waals surface area contributed by atoms with Crippen molar-refractivity contribution in [2.45, 2.75) is 26.3 Å². The summed E-state index contributed by atoms with van der Waals surface area (Å²) in [7, 11) is 1.36. The molecule has 1 aromatic rings. The van der Waals surface area contributed by atoms with Crippen molar-refractivity contribution in [2.24, 2.45) is 0 Å². The molecule has 1 aromatic heterocycles. The molecule has 100 valence electrons. The van der Waals surface area contributed by atoms with Gasteiger partial charge in [0.25, 0.3) is 0 Å². The van der Waals surface area contributed by atoms with Crippen LogP contribution in [0.1, 0.15) is 30.6 Å². The van der Waals surface area contributed by atoms with Crippen molar-refractivity contribution in [1.82, 2.24) is 4.98 Å². The van der Waals surface area contributed by atoms with E-state index in [-0.39, 0.29) is 18.6 Å². The van der Waals surface area contributed by atoms with Gasteiger partial charge in [0.05, 0.1) is 12.7 Å². The van der Waals surface area contributed by atoms with E-state index in [0.29, 0.717) is 18.5 Å². The molecule has 0 saturated carbocycles. The van der Waals surface area contributed by atoms with E-state index in [1.807, 2.05) is 18.7 Å². The summed E-state index contributed by atoms with van der Waals surface area (Å²) in [6.07, 6.45) is 2.26.